The lowest BCUT2D eigenvalue weighted by atomic mass is 9.96. The van der Waals surface area contributed by atoms with Gasteiger partial charge in [-0.1, -0.05) is 13.8 Å². The van der Waals surface area contributed by atoms with Crippen LogP contribution in [0, 0.1) is 5.92 Å². The standard InChI is InChI=1S/C22H27NO4S/c1-15(2)22-18-12-16(6-8-19(18)23-14-27-22)26-10-5-11-28-17-7-9-20(24-3)21(13-17)25-4/h6-9,12-15,22H,5,10-11H2,1-4H3. The van der Waals surface area contributed by atoms with Crippen LogP contribution in [0.25, 0.3) is 0 Å². The molecular formula is C22H27NO4S. The van der Waals surface area contributed by atoms with Crippen molar-refractivity contribution in [3.05, 3.63) is 42.0 Å². The number of hydrogen-bond acceptors (Lipinski definition) is 6. The Morgan fingerprint density at radius 1 is 1.07 bits per heavy atom. The van der Waals surface area contributed by atoms with Crippen LogP contribution in [0.3, 0.4) is 0 Å². The molecule has 2 aromatic rings. The van der Waals surface area contributed by atoms with Gasteiger partial charge in [0.2, 0.25) is 0 Å². The van der Waals surface area contributed by atoms with Crippen LogP contribution in [0.2, 0.25) is 0 Å². The summed E-state index contributed by atoms with van der Waals surface area (Å²) in [5.74, 6) is 3.69. The molecule has 1 aliphatic heterocycles. The molecule has 1 unspecified atom stereocenters. The van der Waals surface area contributed by atoms with Gasteiger partial charge >= 0.3 is 0 Å². The van der Waals surface area contributed by atoms with Crippen LogP contribution in [-0.2, 0) is 4.74 Å². The van der Waals surface area contributed by atoms with E-state index in [1.165, 1.54) is 0 Å². The van der Waals surface area contributed by atoms with Crippen LogP contribution in [-0.4, -0.2) is 33.0 Å². The first-order chi connectivity index (χ1) is 13.6. The molecule has 1 atom stereocenters. The van der Waals surface area contributed by atoms with Gasteiger partial charge in [-0.05, 0) is 48.7 Å². The first-order valence-corrected chi connectivity index (χ1v) is 10.4. The van der Waals surface area contributed by atoms with Gasteiger partial charge < -0.3 is 18.9 Å². The Bertz CT molecular complexity index is 822. The molecule has 0 bridgehead atoms. The van der Waals surface area contributed by atoms with Crippen molar-refractivity contribution in [1.29, 1.82) is 0 Å². The van der Waals surface area contributed by atoms with E-state index >= 15 is 0 Å². The SMILES string of the molecule is COc1ccc(SCCCOc2ccc3c(c2)C(C(C)C)OC=N3)cc1OC. The van der Waals surface area contributed by atoms with Crippen LogP contribution >= 0.6 is 11.8 Å². The van der Waals surface area contributed by atoms with Gasteiger partial charge in [-0.3, -0.25) is 0 Å². The summed E-state index contributed by atoms with van der Waals surface area (Å²) in [4.78, 5) is 5.47. The largest absolute Gasteiger partial charge is 0.494 e. The minimum absolute atomic E-state index is 0.0247. The molecule has 1 heterocycles. The van der Waals surface area contributed by atoms with Crippen molar-refractivity contribution in [2.45, 2.75) is 31.3 Å². The van der Waals surface area contributed by atoms with Gasteiger partial charge in [0.05, 0.1) is 26.5 Å². The second kappa shape index (κ2) is 9.73. The first kappa shape index (κ1) is 20.4. The Kier molecular flexibility index (Phi) is 7.09. The highest BCUT2D eigenvalue weighted by molar-refractivity contribution is 7.99. The molecule has 2 aromatic carbocycles. The zero-order chi connectivity index (χ0) is 19.9. The lowest BCUT2D eigenvalue weighted by Crippen LogP contribution is -2.13. The molecule has 0 saturated carbocycles. The fourth-order valence-electron chi connectivity index (χ4n) is 3.06. The zero-order valence-electron chi connectivity index (χ0n) is 16.8. The molecule has 0 spiro atoms. The summed E-state index contributed by atoms with van der Waals surface area (Å²) in [5, 5.41) is 0. The normalized spacial score (nSPS) is 15.1. The lowest BCUT2D eigenvalue weighted by molar-refractivity contribution is 0.146. The highest BCUT2D eigenvalue weighted by Crippen LogP contribution is 2.38. The second-order valence-electron chi connectivity index (χ2n) is 6.82. The number of fused-ring (bicyclic) bond motifs is 1. The van der Waals surface area contributed by atoms with Crippen molar-refractivity contribution in [1.82, 2.24) is 0 Å². The van der Waals surface area contributed by atoms with Gasteiger partial charge in [-0.2, -0.15) is 0 Å². The van der Waals surface area contributed by atoms with Gasteiger partial charge in [0.1, 0.15) is 11.9 Å². The predicted octanol–water partition coefficient (Wildman–Crippen LogP) is 5.65. The molecule has 6 heteroatoms. The van der Waals surface area contributed by atoms with Crippen LogP contribution in [0.15, 0.2) is 46.3 Å². The monoisotopic (exact) mass is 401 g/mol. The third-order valence-electron chi connectivity index (χ3n) is 4.49. The smallest absolute Gasteiger partial charge is 0.175 e. The summed E-state index contributed by atoms with van der Waals surface area (Å²) in [6.07, 6.45) is 2.51. The Morgan fingerprint density at radius 2 is 1.89 bits per heavy atom. The van der Waals surface area contributed by atoms with E-state index in [1.54, 1.807) is 32.4 Å². The van der Waals surface area contributed by atoms with Crippen molar-refractivity contribution in [2.75, 3.05) is 26.6 Å². The molecule has 0 N–H and O–H groups in total. The van der Waals surface area contributed by atoms with Crippen LogP contribution in [0.4, 0.5) is 5.69 Å². The van der Waals surface area contributed by atoms with Crippen molar-refractivity contribution >= 4 is 23.8 Å². The van der Waals surface area contributed by atoms with Gasteiger partial charge in [0, 0.05) is 16.2 Å². The maximum Gasteiger partial charge on any atom is 0.175 e. The van der Waals surface area contributed by atoms with E-state index < -0.39 is 0 Å². The highest BCUT2D eigenvalue weighted by atomic mass is 32.2. The Morgan fingerprint density at radius 3 is 2.64 bits per heavy atom. The van der Waals surface area contributed by atoms with Gasteiger partial charge in [0.25, 0.3) is 0 Å². The average molecular weight is 402 g/mol. The van der Waals surface area contributed by atoms with E-state index in [1.807, 2.05) is 30.3 Å². The third kappa shape index (κ3) is 4.93. The number of methoxy groups -OCH3 is 2. The van der Waals surface area contributed by atoms with Crippen molar-refractivity contribution in [2.24, 2.45) is 10.9 Å². The Hall–Kier alpha value is -2.34. The fourth-order valence-corrected chi connectivity index (χ4v) is 3.91. The molecule has 150 valence electrons. The number of ether oxygens (including phenoxy) is 4. The number of nitrogens with zero attached hydrogens (tertiary/aromatic N) is 1. The lowest BCUT2D eigenvalue weighted by Gasteiger charge is -2.25. The average Bonchev–Trinajstić information content (AvgIpc) is 2.72. The molecule has 0 aliphatic carbocycles. The molecule has 3 rings (SSSR count). The first-order valence-electron chi connectivity index (χ1n) is 9.42. The van der Waals surface area contributed by atoms with Gasteiger partial charge in [0.15, 0.2) is 17.9 Å². The number of aliphatic imine (C=N–C) groups is 1. The Balaban J connectivity index is 1.50. The van der Waals surface area contributed by atoms with Crippen LogP contribution in [0.5, 0.6) is 17.2 Å². The van der Waals surface area contributed by atoms with E-state index in [9.17, 15) is 0 Å². The van der Waals surface area contributed by atoms with Crippen LogP contribution < -0.4 is 14.2 Å². The number of benzene rings is 2. The quantitative estimate of drug-likeness (QED) is 0.401. The van der Waals surface area contributed by atoms with Crippen molar-refractivity contribution in [3.63, 3.8) is 0 Å². The number of rotatable bonds is 9. The number of thioether (sulfide) groups is 1. The summed E-state index contributed by atoms with van der Waals surface area (Å²) in [7, 11) is 3.30. The third-order valence-corrected chi connectivity index (χ3v) is 5.57. The van der Waals surface area contributed by atoms with Crippen LogP contribution in [0.1, 0.15) is 31.9 Å². The highest BCUT2D eigenvalue weighted by Gasteiger charge is 2.23. The predicted molar refractivity (Wildman–Crippen MR) is 114 cm³/mol. The number of hydrogen-bond donors (Lipinski definition) is 0. The summed E-state index contributed by atoms with van der Waals surface area (Å²) >= 11 is 1.78. The van der Waals surface area contributed by atoms with E-state index in [-0.39, 0.29) is 6.10 Å². The van der Waals surface area contributed by atoms with E-state index in [0.717, 1.165) is 45.6 Å². The maximum atomic E-state index is 5.95. The topological polar surface area (TPSA) is 49.3 Å². The zero-order valence-corrected chi connectivity index (χ0v) is 17.6. The second-order valence-corrected chi connectivity index (χ2v) is 7.99. The summed E-state index contributed by atoms with van der Waals surface area (Å²) in [6, 6.07) is 12.0. The molecule has 1 aliphatic rings. The maximum absolute atomic E-state index is 5.95. The minimum atomic E-state index is 0.0247. The molecule has 0 aromatic heterocycles. The molecule has 28 heavy (non-hydrogen) atoms. The Labute approximate surface area is 171 Å². The molecule has 0 amide bonds. The molecular weight excluding hydrogens is 374 g/mol. The fraction of sp³-hybridized carbons (Fsp3) is 0.409. The summed E-state index contributed by atoms with van der Waals surface area (Å²) in [6.45, 7) is 4.95. The van der Waals surface area contributed by atoms with Crippen molar-refractivity contribution in [3.8, 4) is 17.2 Å². The van der Waals surface area contributed by atoms with E-state index in [2.05, 4.69) is 24.9 Å². The molecule has 5 nitrogen and oxygen atoms in total. The summed E-state index contributed by atoms with van der Waals surface area (Å²) < 4.78 is 22.3. The minimum Gasteiger partial charge on any atom is -0.494 e. The van der Waals surface area contributed by atoms with Crippen molar-refractivity contribution < 1.29 is 18.9 Å². The van der Waals surface area contributed by atoms with E-state index in [0.29, 0.717) is 12.5 Å². The van der Waals surface area contributed by atoms with Gasteiger partial charge in [-0.25, -0.2) is 4.99 Å². The summed E-state index contributed by atoms with van der Waals surface area (Å²) in [5.41, 5.74) is 2.05. The molecule has 0 fully saturated rings. The van der Waals surface area contributed by atoms with E-state index in [4.69, 9.17) is 18.9 Å². The molecule has 0 saturated heterocycles. The van der Waals surface area contributed by atoms with Gasteiger partial charge in [-0.15, -0.1) is 11.8 Å². The molecule has 0 radical (unpaired) electrons.